The lowest BCUT2D eigenvalue weighted by atomic mass is 9.85. The van der Waals surface area contributed by atoms with Gasteiger partial charge in [-0.15, -0.1) is 0 Å². The molecule has 0 unspecified atom stereocenters. The minimum atomic E-state index is -0.277. The van der Waals surface area contributed by atoms with Crippen LogP contribution in [0, 0.1) is 12.7 Å². The van der Waals surface area contributed by atoms with E-state index in [4.69, 9.17) is 4.52 Å². The molecule has 88 valence electrons. The Balaban J connectivity index is 1.97. The summed E-state index contributed by atoms with van der Waals surface area (Å²) in [5.41, 5.74) is 1.66. The third-order valence-electron chi connectivity index (χ3n) is 3.34. The molecule has 1 saturated carbocycles. The molecule has 1 aliphatic rings. The Morgan fingerprint density at radius 3 is 2.88 bits per heavy atom. The molecule has 17 heavy (non-hydrogen) atoms. The fraction of sp³-hybridized carbons (Fsp3) is 0.385. The maximum absolute atomic E-state index is 13.2. The van der Waals surface area contributed by atoms with E-state index in [2.05, 4.69) is 10.1 Å². The van der Waals surface area contributed by atoms with Gasteiger partial charge in [0.2, 0.25) is 11.7 Å². The van der Waals surface area contributed by atoms with Crippen LogP contribution in [0.3, 0.4) is 0 Å². The number of rotatable bonds is 2. The lowest BCUT2D eigenvalue weighted by molar-refractivity contribution is 0.292. The van der Waals surface area contributed by atoms with Crippen molar-refractivity contribution in [2.45, 2.75) is 32.1 Å². The zero-order valence-corrected chi connectivity index (χ0v) is 9.61. The molecule has 0 aliphatic heterocycles. The van der Waals surface area contributed by atoms with Crippen LogP contribution in [0.4, 0.5) is 4.39 Å². The quantitative estimate of drug-likeness (QED) is 0.796. The third-order valence-corrected chi connectivity index (χ3v) is 3.34. The fourth-order valence-electron chi connectivity index (χ4n) is 2.00. The van der Waals surface area contributed by atoms with Crippen molar-refractivity contribution < 1.29 is 8.91 Å². The average molecular weight is 232 g/mol. The molecule has 1 fully saturated rings. The third kappa shape index (κ3) is 1.84. The van der Waals surface area contributed by atoms with E-state index in [1.165, 1.54) is 18.6 Å². The Labute approximate surface area is 98.7 Å². The van der Waals surface area contributed by atoms with Crippen molar-refractivity contribution in [3.63, 3.8) is 0 Å². The summed E-state index contributed by atoms with van der Waals surface area (Å²) in [5, 5.41) is 3.94. The van der Waals surface area contributed by atoms with Crippen LogP contribution in [0.25, 0.3) is 11.4 Å². The van der Waals surface area contributed by atoms with Crippen LogP contribution in [-0.2, 0) is 0 Å². The molecule has 0 radical (unpaired) electrons. The summed E-state index contributed by atoms with van der Waals surface area (Å²) in [7, 11) is 0. The monoisotopic (exact) mass is 232 g/mol. The molecule has 2 aromatic rings. The van der Waals surface area contributed by atoms with Crippen molar-refractivity contribution in [1.29, 1.82) is 0 Å². The molecule has 4 heteroatoms. The van der Waals surface area contributed by atoms with Crippen molar-refractivity contribution in [2.75, 3.05) is 0 Å². The summed E-state index contributed by atoms with van der Waals surface area (Å²) in [6, 6.07) is 4.61. The highest BCUT2D eigenvalue weighted by molar-refractivity contribution is 5.59. The van der Waals surface area contributed by atoms with E-state index in [0.29, 0.717) is 23.2 Å². The van der Waals surface area contributed by atoms with Crippen LogP contribution in [0.15, 0.2) is 22.7 Å². The standard InChI is InChI=1S/C13H13FN2O/c1-8-5-6-10(14)7-11(8)12-15-13(17-16-12)9-3-2-4-9/h5-7,9H,2-4H2,1H3. The van der Waals surface area contributed by atoms with Crippen LogP contribution in [0.2, 0.25) is 0 Å². The number of hydrogen-bond donors (Lipinski definition) is 0. The number of halogens is 1. The zero-order valence-electron chi connectivity index (χ0n) is 9.61. The predicted octanol–water partition coefficient (Wildman–Crippen LogP) is 3.45. The average Bonchev–Trinajstić information content (AvgIpc) is 2.68. The van der Waals surface area contributed by atoms with Gasteiger partial charge in [-0.1, -0.05) is 17.6 Å². The van der Waals surface area contributed by atoms with Crippen molar-refractivity contribution in [3.05, 3.63) is 35.5 Å². The number of aryl methyl sites for hydroxylation is 1. The van der Waals surface area contributed by atoms with Crippen molar-refractivity contribution in [3.8, 4) is 11.4 Å². The number of benzene rings is 1. The summed E-state index contributed by atoms with van der Waals surface area (Å²) in [6.07, 6.45) is 3.45. The molecule has 3 nitrogen and oxygen atoms in total. The van der Waals surface area contributed by atoms with Gasteiger partial charge in [0, 0.05) is 11.5 Å². The molecular weight excluding hydrogens is 219 g/mol. The van der Waals surface area contributed by atoms with Gasteiger partial charge in [-0.3, -0.25) is 0 Å². The lowest BCUT2D eigenvalue weighted by Crippen LogP contribution is -2.08. The molecule has 1 aromatic carbocycles. The molecule has 0 bridgehead atoms. The van der Waals surface area contributed by atoms with E-state index in [-0.39, 0.29) is 5.82 Å². The Morgan fingerprint density at radius 2 is 2.18 bits per heavy atom. The summed E-state index contributed by atoms with van der Waals surface area (Å²) in [6.45, 7) is 1.91. The summed E-state index contributed by atoms with van der Waals surface area (Å²) < 4.78 is 18.4. The maximum atomic E-state index is 13.2. The highest BCUT2D eigenvalue weighted by atomic mass is 19.1. The van der Waals surface area contributed by atoms with E-state index in [0.717, 1.165) is 18.4 Å². The SMILES string of the molecule is Cc1ccc(F)cc1-c1noc(C2CCC2)n1. The van der Waals surface area contributed by atoms with E-state index < -0.39 is 0 Å². The molecule has 0 spiro atoms. The van der Waals surface area contributed by atoms with Gasteiger partial charge >= 0.3 is 0 Å². The molecular formula is C13H13FN2O. The van der Waals surface area contributed by atoms with Gasteiger partial charge < -0.3 is 4.52 Å². The maximum Gasteiger partial charge on any atom is 0.230 e. The molecule has 1 aromatic heterocycles. The second-order valence-electron chi connectivity index (χ2n) is 4.54. The Morgan fingerprint density at radius 1 is 1.35 bits per heavy atom. The van der Waals surface area contributed by atoms with Crippen LogP contribution >= 0.6 is 0 Å². The first-order valence-corrected chi connectivity index (χ1v) is 5.84. The first-order valence-electron chi connectivity index (χ1n) is 5.84. The normalized spacial score (nSPS) is 15.9. The van der Waals surface area contributed by atoms with Gasteiger partial charge in [-0.25, -0.2) is 4.39 Å². The van der Waals surface area contributed by atoms with Gasteiger partial charge in [-0.2, -0.15) is 4.98 Å². The van der Waals surface area contributed by atoms with Crippen LogP contribution in [0.1, 0.15) is 36.6 Å². The molecule has 0 saturated heterocycles. The first-order chi connectivity index (χ1) is 8.24. The molecule has 0 atom stereocenters. The number of nitrogens with zero attached hydrogens (tertiary/aromatic N) is 2. The summed E-state index contributed by atoms with van der Waals surface area (Å²) in [5.74, 6) is 1.31. The topological polar surface area (TPSA) is 38.9 Å². The van der Waals surface area contributed by atoms with Crippen LogP contribution in [-0.4, -0.2) is 10.1 Å². The van der Waals surface area contributed by atoms with Crippen LogP contribution in [0.5, 0.6) is 0 Å². The first kappa shape index (κ1) is 10.4. The fourth-order valence-corrected chi connectivity index (χ4v) is 2.00. The van der Waals surface area contributed by atoms with E-state index in [1.54, 1.807) is 6.07 Å². The van der Waals surface area contributed by atoms with Gasteiger partial charge in [0.25, 0.3) is 0 Å². The van der Waals surface area contributed by atoms with Gasteiger partial charge in [0.05, 0.1) is 0 Å². The number of aromatic nitrogens is 2. The second-order valence-corrected chi connectivity index (χ2v) is 4.54. The van der Waals surface area contributed by atoms with E-state index in [1.807, 2.05) is 6.92 Å². The Hall–Kier alpha value is -1.71. The second kappa shape index (κ2) is 3.95. The highest BCUT2D eigenvalue weighted by Gasteiger charge is 2.25. The Bertz CT molecular complexity index is 546. The predicted molar refractivity (Wildman–Crippen MR) is 61.0 cm³/mol. The zero-order chi connectivity index (χ0) is 11.8. The van der Waals surface area contributed by atoms with Gasteiger partial charge in [0.1, 0.15) is 5.82 Å². The smallest absolute Gasteiger partial charge is 0.230 e. The minimum Gasteiger partial charge on any atom is -0.339 e. The molecule has 1 heterocycles. The molecule has 0 amide bonds. The van der Waals surface area contributed by atoms with E-state index in [9.17, 15) is 4.39 Å². The van der Waals surface area contributed by atoms with Crippen molar-refractivity contribution in [2.24, 2.45) is 0 Å². The molecule has 0 N–H and O–H groups in total. The van der Waals surface area contributed by atoms with E-state index >= 15 is 0 Å². The summed E-state index contributed by atoms with van der Waals surface area (Å²) >= 11 is 0. The van der Waals surface area contributed by atoms with Crippen molar-refractivity contribution in [1.82, 2.24) is 10.1 Å². The highest BCUT2D eigenvalue weighted by Crippen LogP contribution is 2.36. The largest absolute Gasteiger partial charge is 0.339 e. The van der Waals surface area contributed by atoms with Gasteiger partial charge in [-0.05, 0) is 37.5 Å². The number of hydrogen-bond acceptors (Lipinski definition) is 3. The summed E-state index contributed by atoms with van der Waals surface area (Å²) in [4.78, 5) is 4.36. The minimum absolute atomic E-state index is 0.277. The Kier molecular flexibility index (Phi) is 2.42. The van der Waals surface area contributed by atoms with Crippen LogP contribution < -0.4 is 0 Å². The molecule has 3 rings (SSSR count). The van der Waals surface area contributed by atoms with Crippen molar-refractivity contribution >= 4 is 0 Å². The molecule has 1 aliphatic carbocycles. The lowest BCUT2D eigenvalue weighted by Gasteiger charge is -2.20. The van der Waals surface area contributed by atoms with Gasteiger partial charge in [0.15, 0.2) is 0 Å².